The molecule has 0 radical (unpaired) electrons. The number of amides is 1. The Kier molecular flexibility index (Phi) is 5.80. The first-order chi connectivity index (χ1) is 11.8. The van der Waals surface area contributed by atoms with Crippen LogP contribution >= 0.6 is 0 Å². The minimum atomic E-state index is -4.65. The molecule has 1 heterocycles. The molecule has 4 N–H and O–H groups in total. The van der Waals surface area contributed by atoms with E-state index in [1.807, 2.05) is 0 Å². The molecule has 0 unspecified atom stereocenters. The van der Waals surface area contributed by atoms with Crippen LogP contribution in [0.5, 0.6) is 11.5 Å². The van der Waals surface area contributed by atoms with Crippen molar-refractivity contribution in [3.05, 3.63) is 35.4 Å². The first-order valence-electron chi connectivity index (χ1n) is 7.12. The van der Waals surface area contributed by atoms with Crippen molar-refractivity contribution >= 4 is 5.91 Å². The van der Waals surface area contributed by atoms with E-state index in [0.29, 0.717) is 18.0 Å². The first kappa shape index (κ1) is 18.5. The number of carbonyl (C=O) groups is 1. The highest BCUT2D eigenvalue weighted by Gasteiger charge is 2.36. The Morgan fingerprint density at radius 3 is 2.72 bits per heavy atom. The van der Waals surface area contributed by atoms with E-state index in [1.54, 1.807) is 6.07 Å². The summed E-state index contributed by atoms with van der Waals surface area (Å²) in [5.41, 5.74) is 5.60. The molecule has 1 aromatic heterocycles. The normalized spacial score (nSPS) is 11.2. The lowest BCUT2D eigenvalue weighted by atomic mass is 10.2. The third-order valence-corrected chi connectivity index (χ3v) is 3.00. The van der Waals surface area contributed by atoms with Crippen molar-refractivity contribution in [2.45, 2.75) is 12.7 Å². The Labute approximate surface area is 140 Å². The van der Waals surface area contributed by atoms with Crippen LogP contribution in [0.4, 0.5) is 13.2 Å². The van der Waals surface area contributed by atoms with E-state index in [4.69, 9.17) is 15.2 Å². The molecule has 0 aliphatic rings. The second-order valence-corrected chi connectivity index (χ2v) is 4.79. The number of nitrogens with two attached hydrogens (primary N) is 1. The summed E-state index contributed by atoms with van der Waals surface area (Å²) in [6, 6.07) is 4.48. The summed E-state index contributed by atoms with van der Waals surface area (Å²) in [6.07, 6.45) is -4.65. The number of aromatic nitrogens is 3. The van der Waals surface area contributed by atoms with Crippen LogP contribution in [0.15, 0.2) is 18.2 Å². The lowest BCUT2D eigenvalue weighted by Crippen LogP contribution is -2.23. The smallest absolute Gasteiger partial charge is 0.453 e. The molecule has 136 valence electrons. The lowest BCUT2D eigenvalue weighted by Gasteiger charge is -2.11. The van der Waals surface area contributed by atoms with Crippen molar-refractivity contribution in [3.8, 4) is 11.5 Å². The van der Waals surface area contributed by atoms with Gasteiger partial charge in [-0.05, 0) is 18.2 Å². The van der Waals surface area contributed by atoms with Crippen LogP contribution in [-0.2, 0) is 12.7 Å². The molecule has 0 aliphatic carbocycles. The van der Waals surface area contributed by atoms with Crippen molar-refractivity contribution in [3.63, 3.8) is 0 Å². The van der Waals surface area contributed by atoms with Gasteiger partial charge in [0.15, 0.2) is 11.5 Å². The van der Waals surface area contributed by atoms with Gasteiger partial charge in [0, 0.05) is 12.1 Å². The van der Waals surface area contributed by atoms with Gasteiger partial charge in [-0.3, -0.25) is 9.89 Å². The van der Waals surface area contributed by atoms with E-state index < -0.39 is 17.9 Å². The van der Waals surface area contributed by atoms with Gasteiger partial charge in [0.1, 0.15) is 12.4 Å². The van der Waals surface area contributed by atoms with Crippen LogP contribution in [-0.4, -0.2) is 41.3 Å². The topological polar surface area (TPSA) is 115 Å². The van der Waals surface area contributed by atoms with Crippen LogP contribution < -0.4 is 20.5 Å². The Balaban J connectivity index is 2.02. The summed E-state index contributed by atoms with van der Waals surface area (Å²) >= 11 is 0. The molecule has 0 fully saturated rings. The number of nitrogens with zero attached hydrogens (tertiary/aromatic N) is 2. The Bertz CT molecular complexity index is 733. The molecule has 2 aromatic rings. The molecule has 1 aromatic carbocycles. The quantitative estimate of drug-likeness (QED) is 0.682. The maximum atomic E-state index is 12.4. The monoisotopic (exact) mass is 359 g/mol. The van der Waals surface area contributed by atoms with Crippen LogP contribution in [0.25, 0.3) is 0 Å². The fourth-order valence-electron chi connectivity index (χ4n) is 1.86. The Morgan fingerprint density at radius 1 is 1.36 bits per heavy atom. The van der Waals surface area contributed by atoms with E-state index in [0.717, 1.165) is 0 Å². The van der Waals surface area contributed by atoms with E-state index in [-0.39, 0.29) is 24.5 Å². The highest BCUT2D eigenvalue weighted by Crippen LogP contribution is 2.28. The van der Waals surface area contributed by atoms with E-state index in [9.17, 15) is 18.0 Å². The fraction of sp³-hybridized carbons (Fsp3) is 0.357. The molecule has 0 spiro atoms. The number of aromatic amines is 1. The van der Waals surface area contributed by atoms with Crippen molar-refractivity contribution < 1.29 is 27.4 Å². The fourth-order valence-corrected chi connectivity index (χ4v) is 1.86. The first-order valence-corrected chi connectivity index (χ1v) is 7.12. The zero-order chi connectivity index (χ0) is 18.4. The van der Waals surface area contributed by atoms with Crippen molar-refractivity contribution in [1.29, 1.82) is 0 Å². The highest BCUT2D eigenvalue weighted by molar-refractivity contribution is 5.94. The van der Waals surface area contributed by atoms with Gasteiger partial charge in [-0.15, -0.1) is 5.10 Å². The second-order valence-electron chi connectivity index (χ2n) is 4.79. The van der Waals surface area contributed by atoms with Crippen molar-refractivity contribution in [2.75, 3.05) is 20.3 Å². The van der Waals surface area contributed by atoms with Crippen molar-refractivity contribution in [2.24, 2.45) is 5.73 Å². The minimum absolute atomic E-state index is 0.115. The number of ether oxygens (including phenoxy) is 2. The zero-order valence-corrected chi connectivity index (χ0v) is 13.2. The van der Waals surface area contributed by atoms with Crippen LogP contribution in [0.2, 0.25) is 0 Å². The standard InChI is InChI=1S/C14H16F3N5O3/c1-24-10-6-8(2-3-9(10)25-5-4-18)12(23)19-7-11-20-13(22-21-11)14(15,16)17/h2-3,6H,4-5,7,18H2,1H3,(H,19,23)(H,20,21,22). The van der Waals surface area contributed by atoms with Crippen LogP contribution in [0.1, 0.15) is 22.0 Å². The summed E-state index contributed by atoms with van der Waals surface area (Å²) in [4.78, 5) is 15.4. The predicted molar refractivity (Wildman–Crippen MR) is 80.1 cm³/mol. The summed E-state index contributed by atoms with van der Waals surface area (Å²) in [6.45, 7) is 0.368. The number of alkyl halides is 3. The average molecular weight is 359 g/mol. The minimum Gasteiger partial charge on any atom is -0.493 e. The van der Waals surface area contributed by atoms with Gasteiger partial charge in [-0.2, -0.15) is 13.2 Å². The number of carbonyl (C=O) groups excluding carboxylic acids is 1. The van der Waals surface area contributed by atoms with Crippen molar-refractivity contribution in [1.82, 2.24) is 20.5 Å². The third-order valence-electron chi connectivity index (χ3n) is 3.00. The number of hydrogen-bond donors (Lipinski definition) is 3. The molecular formula is C14H16F3N5O3. The zero-order valence-electron chi connectivity index (χ0n) is 13.2. The number of H-pyrrole nitrogens is 1. The number of rotatable bonds is 7. The number of methoxy groups -OCH3 is 1. The number of benzene rings is 1. The van der Waals surface area contributed by atoms with Gasteiger partial charge >= 0.3 is 6.18 Å². The number of hydrogen-bond acceptors (Lipinski definition) is 6. The molecule has 0 saturated carbocycles. The van der Waals surface area contributed by atoms with Gasteiger partial charge in [-0.1, -0.05) is 0 Å². The SMILES string of the molecule is COc1cc(C(=O)NCc2nc(C(F)(F)F)n[nH]2)ccc1OCCN. The van der Waals surface area contributed by atoms with E-state index in [2.05, 4.69) is 20.5 Å². The molecule has 2 rings (SSSR count). The molecule has 25 heavy (non-hydrogen) atoms. The predicted octanol–water partition coefficient (Wildman–Crippen LogP) is 1.10. The maximum absolute atomic E-state index is 12.4. The summed E-state index contributed by atoms with van der Waals surface area (Å²) < 4.78 is 47.7. The van der Waals surface area contributed by atoms with Gasteiger partial charge in [-0.25, -0.2) is 4.98 Å². The maximum Gasteiger partial charge on any atom is 0.453 e. The summed E-state index contributed by atoms with van der Waals surface area (Å²) in [5, 5.41) is 7.61. The van der Waals surface area contributed by atoms with Gasteiger partial charge in [0.05, 0.1) is 13.7 Å². The highest BCUT2D eigenvalue weighted by atomic mass is 19.4. The number of halogens is 3. The molecule has 0 atom stereocenters. The third kappa shape index (κ3) is 4.83. The molecule has 0 aliphatic heterocycles. The van der Waals surface area contributed by atoms with E-state index in [1.165, 1.54) is 19.2 Å². The molecule has 1 amide bonds. The largest absolute Gasteiger partial charge is 0.493 e. The molecular weight excluding hydrogens is 343 g/mol. The van der Waals surface area contributed by atoms with Crippen LogP contribution in [0, 0.1) is 0 Å². The second kappa shape index (κ2) is 7.83. The van der Waals surface area contributed by atoms with Gasteiger partial charge in [0.25, 0.3) is 11.7 Å². The Morgan fingerprint density at radius 2 is 2.12 bits per heavy atom. The average Bonchev–Trinajstić information content (AvgIpc) is 3.07. The number of nitrogens with one attached hydrogen (secondary N) is 2. The molecule has 0 saturated heterocycles. The van der Waals surface area contributed by atoms with Crippen LogP contribution in [0.3, 0.4) is 0 Å². The summed E-state index contributed by atoms with van der Waals surface area (Å²) in [7, 11) is 1.42. The molecule has 8 nitrogen and oxygen atoms in total. The molecule has 11 heteroatoms. The lowest BCUT2D eigenvalue weighted by molar-refractivity contribution is -0.144. The van der Waals surface area contributed by atoms with E-state index >= 15 is 0 Å². The molecule has 0 bridgehead atoms. The Hall–Kier alpha value is -2.82. The summed E-state index contributed by atoms with van der Waals surface area (Å²) in [5.74, 6) is -1.17. The van der Waals surface area contributed by atoms with Gasteiger partial charge < -0.3 is 20.5 Å². The van der Waals surface area contributed by atoms with Gasteiger partial charge in [0.2, 0.25) is 0 Å².